The van der Waals surface area contributed by atoms with Gasteiger partial charge in [-0.25, -0.2) is 0 Å². The number of unbranched alkanes of at least 4 members (excludes halogenated alkanes) is 10. The first kappa shape index (κ1) is 55.5. The van der Waals surface area contributed by atoms with E-state index in [1.165, 1.54) is 0 Å². The lowest BCUT2D eigenvalue weighted by Crippen LogP contribution is -2.59. The Hall–Kier alpha value is -3.64. The summed E-state index contributed by atoms with van der Waals surface area (Å²) in [7, 11) is 0. The van der Waals surface area contributed by atoms with Crippen molar-refractivity contribution in [2.45, 2.75) is 180 Å². The Bertz CT molecular complexity index is 1380. The van der Waals surface area contributed by atoms with Crippen LogP contribution in [0.15, 0.2) is 103 Å². The molecule has 1 fully saturated rings. The second-order valence-corrected chi connectivity index (χ2v) is 16.3. The summed E-state index contributed by atoms with van der Waals surface area (Å²) in [4.78, 5) is 25.5. The Labute approximate surface area is 380 Å². The number of hydrogen-bond acceptors (Lipinski definition) is 10. The third kappa shape index (κ3) is 29.4. The second-order valence-electron chi connectivity index (χ2n) is 16.3. The van der Waals surface area contributed by atoms with Crippen LogP contribution in [0.25, 0.3) is 0 Å². The lowest BCUT2D eigenvalue weighted by Gasteiger charge is -2.40. The molecule has 0 unspecified atom stereocenters. The van der Waals surface area contributed by atoms with E-state index in [0.717, 1.165) is 121 Å². The standard InChI is InChI=1S/C53H82O10/c1-3-5-7-9-11-13-15-17-19-21-23-25-27-29-34-38-48(54)60-41-46(42-61-49(55)39-35-30-28-26-24-22-20-18-16-14-12-10-8-6-4-2)43-62-53-52(58)51(57)50(56)47(63-53)44-59-40-45-36-32-31-33-37-45/h5-8,11-14,17-20,31-33,36-37,46-47,50-53,56-58H,3-4,9-10,15-16,21-30,34-35,38-44H2,1-2H3/b7-5-,8-6-,13-11-,14-12-,19-17-,20-18-/t47-,50+,51+,52-,53-/m1/s1. The molecule has 10 heteroatoms. The number of benzene rings is 1. The number of allylic oxidation sites excluding steroid dienone is 12. The van der Waals surface area contributed by atoms with Gasteiger partial charge in [0.15, 0.2) is 6.29 Å². The number of esters is 2. The highest BCUT2D eigenvalue weighted by Gasteiger charge is 2.44. The molecule has 1 aliphatic heterocycles. The summed E-state index contributed by atoms with van der Waals surface area (Å²) in [5.74, 6) is -1.22. The van der Waals surface area contributed by atoms with E-state index in [0.29, 0.717) is 0 Å². The van der Waals surface area contributed by atoms with E-state index in [1.54, 1.807) is 0 Å². The third-order valence-corrected chi connectivity index (χ3v) is 10.6. The zero-order valence-corrected chi connectivity index (χ0v) is 38.7. The molecule has 1 aromatic carbocycles. The Morgan fingerprint density at radius 3 is 1.54 bits per heavy atom. The van der Waals surface area contributed by atoms with Crippen LogP contribution in [0.5, 0.6) is 0 Å². The lowest BCUT2D eigenvalue weighted by molar-refractivity contribution is -0.306. The van der Waals surface area contributed by atoms with Gasteiger partial charge in [-0.1, -0.05) is 156 Å². The number of aliphatic hydroxyl groups excluding tert-OH is 3. The molecule has 0 bridgehead atoms. The average Bonchev–Trinajstić information content (AvgIpc) is 3.29. The number of rotatable bonds is 37. The largest absolute Gasteiger partial charge is 0.465 e. The molecule has 1 heterocycles. The van der Waals surface area contributed by atoms with E-state index in [-0.39, 0.29) is 57.8 Å². The van der Waals surface area contributed by atoms with Crippen molar-refractivity contribution in [1.82, 2.24) is 0 Å². The summed E-state index contributed by atoms with van der Waals surface area (Å²) in [6.45, 7) is 4.31. The van der Waals surface area contributed by atoms with Crippen molar-refractivity contribution in [2.24, 2.45) is 5.92 Å². The molecular weight excluding hydrogens is 797 g/mol. The fraction of sp³-hybridized carbons (Fsp3) is 0.623. The Balaban J connectivity index is 1.76. The van der Waals surface area contributed by atoms with Gasteiger partial charge < -0.3 is 39.0 Å². The van der Waals surface area contributed by atoms with Crippen LogP contribution in [-0.2, 0) is 39.9 Å². The minimum Gasteiger partial charge on any atom is -0.465 e. The monoisotopic (exact) mass is 879 g/mol. The summed E-state index contributed by atoms with van der Waals surface area (Å²) >= 11 is 0. The second kappa shape index (κ2) is 38.8. The summed E-state index contributed by atoms with van der Waals surface area (Å²) in [6, 6.07) is 9.52. The van der Waals surface area contributed by atoms with Gasteiger partial charge in [0.25, 0.3) is 0 Å². The van der Waals surface area contributed by atoms with Gasteiger partial charge in [-0.3, -0.25) is 9.59 Å². The van der Waals surface area contributed by atoms with Crippen molar-refractivity contribution in [3.05, 3.63) is 109 Å². The number of carbonyl (C=O) groups excluding carboxylic acids is 2. The summed E-state index contributed by atoms with van der Waals surface area (Å²) in [5.41, 5.74) is 0.936. The van der Waals surface area contributed by atoms with Gasteiger partial charge in [-0.15, -0.1) is 0 Å². The zero-order chi connectivity index (χ0) is 45.4. The van der Waals surface area contributed by atoms with Crippen LogP contribution in [0.4, 0.5) is 0 Å². The molecule has 354 valence electrons. The van der Waals surface area contributed by atoms with Gasteiger partial charge >= 0.3 is 11.9 Å². The molecule has 3 N–H and O–H groups in total. The highest BCUT2D eigenvalue weighted by Crippen LogP contribution is 2.24. The number of carbonyl (C=O) groups is 2. The molecule has 0 spiro atoms. The van der Waals surface area contributed by atoms with Crippen LogP contribution in [-0.4, -0.2) is 84.4 Å². The van der Waals surface area contributed by atoms with Crippen molar-refractivity contribution in [3.63, 3.8) is 0 Å². The predicted molar refractivity (Wildman–Crippen MR) is 253 cm³/mol. The molecule has 63 heavy (non-hydrogen) atoms. The van der Waals surface area contributed by atoms with Gasteiger partial charge in [0.1, 0.15) is 24.4 Å². The molecule has 1 saturated heterocycles. The lowest BCUT2D eigenvalue weighted by atomic mass is 9.99. The highest BCUT2D eigenvalue weighted by atomic mass is 16.7. The Morgan fingerprint density at radius 2 is 1.03 bits per heavy atom. The molecule has 2 rings (SSSR count). The first-order valence-corrected chi connectivity index (χ1v) is 24.0. The minimum atomic E-state index is -1.54. The van der Waals surface area contributed by atoms with Crippen molar-refractivity contribution in [3.8, 4) is 0 Å². The van der Waals surface area contributed by atoms with E-state index in [9.17, 15) is 24.9 Å². The summed E-state index contributed by atoms with van der Waals surface area (Å²) in [5, 5.41) is 31.9. The smallest absolute Gasteiger partial charge is 0.305 e. The quantitative estimate of drug-likeness (QED) is 0.0336. The first-order chi connectivity index (χ1) is 30.8. The molecule has 0 aromatic heterocycles. The first-order valence-electron chi connectivity index (χ1n) is 24.0. The normalized spacial score (nSPS) is 19.6. The zero-order valence-electron chi connectivity index (χ0n) is 38.7. The number of hydrogen-bond donors (Lipinski definition) is 3. The molecule has 0 amide bonds. The maximum Gasteiger partial charge on any atom is 0.305 e. The summed E-state index contributed by atoms with van der Waals surface area (Å²) < 4.78 is 28.7. The van der Waals surface area contributed by atoms with Crippen LogP contribution in [0.3, 0.4) is 0 Å². The van der Waals surface area contributed by atoms with E-state index in [4.69, 9.17) is 23.7 Å². The summed E-state index contributed by atoms with van der Waals surface area (Å²) in [6.07, 6.45) is 38.3. The molecule has 1 aliphatic rings. The fourth-order valence-corrected chi connectivity index (χ4v) is 6.78. The molecule has 10 nitrogen and oxygen atoms in total. The van der Waals surface area contributed by atoms with Crippen LogP contribution >= 0.6 is 0 Å². The third-order valence-electron chi connectivity index (χ3n) is 10.6. The average molecular weight is 879 g/mol. The van der Waals surface area contributed by atoms with E-state index in [1.807, 2.05) is 30.3 Å². The van der Waals surface area contributed by atoms with Gasteiger partial charge in [0, 0.05) is 12.8 Å². The van der Waals surface area contributed by atoms with Crippen LogP contribution in [0.2, 0.25) is 0 Å². The topological polar surface area (TPSA) is 141 Å². The fourth-order valence-electron chi connectivity index (χ4n) is 6.78. The Morgan fingerprint density at radius 1 is 0.571 bits per heavy atom. The number of ether oxygens (including phenoxy) is 5. The van der Waals surface area contributed by atoms with Crippen molar-refractivity contribution in [2.75, 3.05) is 26.4 Å². The molecule has 5 atom stereocenters. The molecular formula is C53H82O10. The van der Waals surface area contributed by atoms with Gasteiger partial charge in [0.05, 0.1) is 39.0 Å². The number of aliphatic hydroxyl groups is 3. The SMILES string of the molecule is CC/C=C\C/C=C\C/C=C\CCCCCCCC(=O)OCC(COC(=O)CCCCCCC/C=C\C/C=C\C/C=C\CC)CO[C@@H]1O[C@H](COCc2ccccc2)[C@H](O)[C@H](O)[C@H]1O. The van der Waals surface area contributed by atoms with Gasteiger partial charge in [-0.2, -0.15) is 0 Å². The van der Waals surface area contributed by atoms with E-state index < -0.39 is 36.6 Å². The Kier molecular flexibility index (Phi) is 34.2. The van der Waals surface area contributed by atoms with Crippen LogP contribution in [0.1, 0.15) is 148 Å². The van der Waals surface area contributed by atoms with Crippen LogP contribution < -0.4 is 0 Å². The molecule has 1 aromatic rings. The van der Waals surface area contributed by atoms with Crippen molar-refractivity contribution < 1.29 is 48.6 Å². The van der Waals surface area contributed by atoms with Gasteiger partial charge in [0.2, 0.25) is 0 Å². The van der Waals surface area contributed by atoms with Gasteiger partial charge in [-0.05, 0) is 82.6 Å². The van der Waals surface area contributed by atoms with E-state index >= 15 is 0 Å². The van der Waals surface area contributed by atoms with E-state index in [2.05, 4.69) is 86.8 Å². The van der Waals surface area contributed by atoms with Crippen LogP contribution in [0, 0.1) is 5.92 Å². The van der Waals surface area contributed by atoms with Crippen molar-refractivity contribution in [1.29, 1.82) is 0 Å². The molecule has 0 saturated carbocycles. The minimum absolute atomic E-state index is 0.0443. The maximum absolute atomic E-state index is 12.7. The van der Waals surface area contributed by atoms with Crippen molar-refractivity contribution >= 4 is 11.9 Å². The highest BCUT2D eigenvalue weighted by molar-refractivity contribution is 5.69. The molecule has 0 aliphatic carbocycles. The predicted octanol–water partition coefficient (Wildman–Crippen LogP) is 10.9. The molecule has 0 radical (unpaired) electrons. The maximum atomic E-state index is 12.7.